The summed E-state index contributed by atoms with van der Waals surface area (Å²) in [6.07, 6.45) is -3.62. The van der Waals surface area contributed by atoms with Crippen molar-refractivity contribution in [3.05, 3.63) is 71.5 Å². The highest BCUT2D eigenvalue weighted by atomic mass is 19.3. The van der Waals surface area contributed by atoms with E-state index in [0.717, 1.165) is 0 Å². The van der Waals surface area contributed by atoms with Gasteiger partial charge in [0.05, 0.1) is 12.3 Å². The van der Waals surface area contributed by atoms with Gasteiger partial charge in [-0.3, -0.25) is 4.98 Å². The summed E-state index contributed by atoms with van der Waals surface area (Å²) in [5.41, 5.74) is 1.49. The molecule has 0 radical (unpaired) electrons. The minimum atomic E-state index is -3.82. The van der Waals surface area contributed by atoms with Crippen molar-refractivity contribution in [2.45, 2.75) is 25.6 Å². The van der Waals surface area contributed by atoms with Crippen molar-refractivity contribution in [2.75, 3.05) is 0 Å². The summed E-state index contributed by atoms with van der Waals surface area (Å²) in [6.45, 7) is -3.38. The Labute approximate surface area is 173 Å². The Kier molecular flexibility index (Phi) is 5.42. The molecule has 1 atom stereocenters. The predicted octanol–water partition coefficient (Wildman–Crippen LogP) is 4.25. The zero-order chi connectivity index (χ0) is 22.2. The highest BCUT2D eigenvalue weighted by molar-refractivity contribution is 5.74. The van der Waals surface area contributed by atoms with Gasteiger partial charge >= 0.3 is 12.9 Å². The molecule has 0 amide bonds. The van der Waals surface area contributed by atoms with Crippen LogP contribution in [0.25, 0.3) is 11.1 Å². The van der Waals surface area contributed by atoms with Crippen LogP contribution in [0.3, 0.4) is 0 Å². The molecule has 10 heteroatoms. The van der Waals surface area contributed by atoms with Gasteiger partial charge in [0.25, 0.3) is 0 Å². The molecule has 3 aromatic rings. The third-order valence-electron chi connectivity index (χ3n) is 4.57. The lowest BCUT2D eigenvalue weighted by Gasteiger charge is -2.16. The van der Waals surface area contributed by atoms with E-state index in [2.05, 4.69) is 19.2 Å². The van der Waals surface area contributed by atoms with Gasteiger partial charge in [0.15, 0.2) is 11.5 Å². The number of nitrogens with zero attached hydrogens (tertiary/aromatic N) is 1. The molecule has 0 aliphatic carbocycles. The number of rotatable bonds is 6. The molecule has 0 spiro atoms. The van der Waals surface area contributed by atoms with Gasteiger partial charge in [0.1, 0.15) is 11.9 Å². The van der Waals surface area contributed by atoms with Crippen molar-refractivity contribution < 1.29 is 42.0 Å². The monoisotopic (exact) mass is 437 g/mol. The fourth-order valence-electron chi connectivity index (χ4n) is 3.14. The second kappa shape index (κ2) is 8.05. The second-order valence-corrected chi connectivity index (χ2v) is 6.61. The van der Waals surface area contributed by atoms with Crippen LogP contribution in [-0.2, 0) is 6.61 Å². The Bertz CT molecular complexity index is 1090. The highest BCUT2D eigenvalue weighted by Gasteiger charge is 2.43. The third-order valence-corrected chi connectivity index (χ3v) is 4.57. The molecule has 0 saturated carbocycles. The second-order valence-electron chi connectivity index (χ2n) is 6.61. The minimum Gasteiger partial charge on any atom is -0.434 e. The maximum atomic E-state index is 13.3. The Morgan fingerprint density at radius 3 is 2.39 bits per heavy atom. The first-order chi connectivity index (χ1) is 14.8. The average molecular weight is 437 g/mol. The summed E-state index contributed by atoms with van der Waals surface area (Å²) in [4.78, 5) is 4.00. The van der Waals surface area contributed by atoms with E-state index in [9.17, 15) is 22.7 Å². The fraction of sp³-hybridized carbons (Fsp3) is 0.190. The Morgan fingerprint density at radius 2 is 1.71 bits per heavy atom. The number of pyridine rings is 1. The first-order valence-corrected chi connectivity index (χ1v) is 8.98. The quantitative estimate of drug-likeness (QED) is 0.562. The van der Waals surface area contributed by atoms with Gasteiger partial charge in [-0.15, -0.1) is 8.78 Å². The lowest BCUT2D eigenvalue weighted by molar-refractivity contribution is -0.286. The van der Waals surface area contributed by atoms with Crippen molar-refractivity contribution in [3.63, 3.8) is 0 Å². The van der Waals surface area contributed by atoms with Crippen LogP contribution >= 0.6 is 0 Å². The van der Waals surface area contributed by atoms with E-state index in [1.54, 1.807) is 6.07 Å². The summed E-state index contributed by atoms with van der Waals surface area (Å²) in [5, 5.41) is 19.8. The van der Waals surface area contributed by atoms with Gasteiger partial charge in [-0.2, -0.15) is 8.78 Å². The molecule has 6 nitrogen and oxygen atoms in total. The van der Waals surface area contributed by atoms with E-state index in [4.69, 9.17) is 5.11 Å². The molecule has 4 rings (SSSR count). The minimum absolute atomic E-state index is 0.124. The van der Waals surface area contributed by atoms with Crippen LogP contribution in [0.4, 0.5) is 17.6 Å². The molecular formula is C21H15F4NO5. The summed E-state index contributed by atoms with van der Waals surface area (Å²) in [7, 11) is 0. The van der Waals surface area contributed by atoms with Gasteiger partial charge in [0.2, 0.25) is 0 Å². The Balaban J connectivity index is 1.73. The molecule has 1 aliphatic rings. The maximum Gasteiger partial charge on any atom is 0.586 e. The van der Waals surface area contributed by atoms with Crippen LogP contribution in [0.15, 0.2) is 54.7 Å². The van der Waals surface area contributed by atoms with Crippen LogP contribution in [0.1, 0.15) is 22.9 Å². The summed E-state index contributed by atoms with van der Waals surface area (Å²) in [6, 6.07) is 10.9. The lowest BCUT2D eigenvalue weighted by Crippen LogP contribution is -2.25. The molecule has 31 heavy (non-hydrogen) atoms. The normalized spacial score (nSPS) is 15.2. The van der Waals surface area contributed by atoms with E-state index < -0.39 is 19.0 Å². The largest absolute Gasteiger partial charge is 0.586 e. The van der Waals surface area contributed by atoms with Crippen LogP contribution in [0, 0.1) is 0 Å². The summed E-state index contributed by atoms with van der Waals surface area (Å²) < 4.78 is 65.7. The highest BCUT2D eigenvalue weighted by Crippen LogP contribution is 2.44. The van der Waals surface area contributed by atoms with E-state index in [0.29, 0.717) is 16.8 Å². The number of halogens is 4. The number of ether oxygens (including phenoxy) is 3. The maximum absolute atomic E-state index is 13.3. The SMILES string of the molecule is OCc1ccc([C@H](O)c2ccc(OC(F)F)c(-c3ccc4c(c3)OC(F)(F)O4)c2)cn1. The number of alkyl halides is 4. The molecule has 2 heterocycles. The van der Waals surface area contributed by atoms with E-state index >= 15 is 0 Å². The van der Waals surface area contributed by atoms with E-state index in [1.165, 1.54) is 48.7 Å². The lowest BCUT2D eigenvalue weighted by atomic mass is 9.96. The first kappa shape index (κ1) is 20.9. The molecule has 1 aromatic heterocycles. The standard InChI is InChI=1S/C21H15F4NO5/c22-20(23)29-16-5-3-12(19(28)13-1-4-14(10-27)26-9-13)7-15(16)11-2-6-17-18(8-11)31-21(24,25)30-17/h1-9,19-20,27-28H,10H2/t19-/m1/s1. The number of aromatic nitrogens is 1. The Hall–Kier alpha value is -3.37. The molecule has 1 aliphatic heterocycles. The molecule has 0 fully saturated rings. The number of fused-ring (bicyclic) bond motifs is 1. The fourth-order valence-corrected chi connectivity index (χ4v) is 3.14. The number of hydrogen-bond donors (Lipinski definition) is 2. The summed E-state index contributed by atoms with van der Waals surface area (Å²) >= 11 is 0. The van der Waals surface area contributed by atoms with Gasteiger partial charge in [-0.05, 0) is 41.5 Å². The van der Waals surface area contributed by atoms with E-state index in [1.807, 2.05) is 0 Å². The number of benzene rings is 2. The van der Waals surface area contributed by atoms with Gasteiger partial charge in [-0.25, -0.2) is 0 Å². The van der Waals surface area contributed by atoms with Crippen molar-refractivity contribution in [1.29, 1.82) is 0 Å². The molecular weight excluding hydrogens is 422 g/mol. The van der Waals surface area contributed by atoms with Crippen molar-refractivity contribution in [1.82, 2.24) is 4.98 Å². The van der Waals surface area contributed by atoms with Crippen LogP contribution in [0.5, 0.6) is 17.2 Å². The molecule has 0 unspecified atom stereocenters. The Morgan fingerprint density at radius 1 is 0.968 bits per heavy atom. The molecule has 0 saturated heterocycles. The predicted molar refractivity (Wildman–Crippen MR) is 98.9 cm³/mol. The topological polar surface area (TPSA) is 81.0 Å². The smallest absolute Gasteiger partial charge is 0.434 e. The average Bonchev–Trinajstić information content (AvgIpc) is 3.06. The van der Waals surface area contributed by atoms with Gasteiger partial charge < -0.3 is 24.4 Å². The number of aliphatic hydroxyl groups is 2. The zero-order valence-electron chi connectivity index (χ0n) is 15.6. The van der Waals surface area contributed by atoms with Gasteiger partial charge in [0, 0.05) is 17.3 Å². The van der Waals surface area contributed by atoms with Crippen molar-refractivity contribution in [3.8, 4) is 28.4 Å². The molecule has 162 valence electrons. The molecule has 2 aromatic carbocycles. The van der Waals surface area contributed by atoms with Crippen LogP contribution in [0.2, 0.25) is 0 Å². The number of hydrogen-bond acceptors (Lipinski definition) is 6. The first-order valence-electron chi connectivity index (χ1n) is 8.98. The van der Waals surface area contributed by atoms with E-state index in [-0.39, 0.29) is 35.0 Å². The summed E-state index contributed by atoms with van der Waals surface area (Å²) in [5.74, 6) is -0.679. The van der Waals surface area contributed by atoms with Crippen molar-refractivity contribution >= 4 is 0 Å². The van der Waals surface area contributed by atoms with Crippen LogP contribution in [-0.4, -0.2) is 28.1 Å². The zero-order valence-corrected chi connectivity index (χ0v) is 15.6. The molecule has 2 N–H and O–H groups in total. The molecule has 0 bridgehead atoms. The van der Waals surface area contributed by atoms with Crippen molar-refractivity contribution in [2.24, 2.45) is 0 Å². The van der Waals surface area contributed by atoms with Gasteiger partial charge in [-0.1, -0.05) is 18.2 Å². The number of aliphatic hydroxyl groups excluding tert-OH is 2. The third kappa shape index (κ3) is 4.39. The van der Waals surface area contributed by atoms with Crippen LogP contribution < -0.4 is 14.2 Å².